The zero-order valence-electron chi connectivity index (χ0n) is 11.1. The van der Waals surface area contributed by atoms with E-state index in [1.807, 2.05) is 6.92 Å². The lowest BCUT2D eigenvalue weighted by atomic mass is 10.1. The van der Waals surface area contributed by atoms with E-state index in [1.54, 1.807) is 18.7 Å². The van der Waals surface area contributed by atoms with Crippen LogP contribution in [0.3, 0.4) is 0 Å². The molecule has 18 heavy (non-hydrogen) atoms. The molecule has 0 aromatic rings. The fourth-order valence-corrected chi connectivity index (χ4v) is 2.93. The number of hydrogen-bond donors (Lipinski definition) is 1. The summed E-state index contributed by atoms with van der Waals surface area (Å²) in [6, 6.07) is 0.0958. The maximum Gasteiger partial charge on any atom is 0.238 e. The second-order valence-corrected chi connectivity index (χ2v) is 7.65. The van der Waals surface area contributed by atoms with Crippen LogP contribution < -0.4 is 5.73 Å². The fraction of sp³-hybridized carbons (Fsp3) is 0.909. The van der Waals surface area contributed by atoms with Crippen molar-refractivity contribution < 1.29 is 13.2 Å². The Kier molecular flexibility index (Phi) is 6.60. The van der Waals surface area contributed by atoms with Crippen molar-refractivity contribution in [2.75, 3.05) is 18.8 Å². The highest BCUT2D eigenvalue weighted by atomic mass is 35.5. The molecule has 2 N–H and O–H groups in total. The van der Waals surface area contributed by atoms with Gasteiger partial charge in [-0.15, -0.1) is 12.4 Å². The number of likely N-dealkylation sites (tertiary alicyclic amines) is 1. The number of sulfone groups is 1. The molecule has 108 valence electrons. The van der Waals surface area contributed by atoms with Crippen molar-refractivity contribution in [1.82, 2.24) is 4.90 Å². The van der Waals surface area contributed by atoms with Crippen molar-refractivity contribution in [2.45, 2.75) is 38.5 Å². The van der Waals surface area contributed by atoms with Gasteiger partial charge in [-0.2, -0.15) is 0 Å². The molecule has 1 rings (SSSR count). The summed E-state index contributed by atoms with van der Waals surface area (Å²) in [6.07, 6.45) is 0.865. The van der Waals surface area contributed by atoms with Crippen LogP contribution in [-0.4, -0.2) is 49.4 Å². The molecule has 1 aliphatic heterocycles. The van der Waals surface area contributed by atoms with Crippen LogP contribution >= 0.6 is 12.4 Å². The van der Waals surface area contributed by atoms with Gasteiger partial charge in [0.15, 0.2) is 9.84 Å². The zero-order chi connectivity index (χ0) is 13.2. The van der Waals surface area contributed by atoms with Crippen molar-refractivity contribution in [3.63, 3.8) is 0 Å². The molecule has 0 aliphatic carbocycles. The fourth-order valence-electron chi connectivity index (χ4n) is 2.08. The van der Waals surface area contributed by atoms with Gasteiger partial charge in [0.2, 0.25) is 5.91 Å². The third-order valence-corrected chi connectivity index (χ3v) is 5.44. The molecule has 0 bridgehead atoms. The van der Waals surface area contributed by atoms with Crippen molar-refractivity contribution in [3.8, 4) is 0 Å². The monoisotopic (exact) mass is 298 g/mol. The predicted molar refractivity (Wildman–Crippen MR) is 74.5 cm³/mol. The van der Waals surface area contributed by atoms with E-state index in [2.05, 4.69) is 0 Å². The minimum Gasteiger partial charge on any atom is -0.339 e. The van der Waals surface area contributed by atoms with Gasteiger partial charge >= 0.3 is 0 Å². The van der Waals surface area contributed by atoms with Crippen LogP contribution in [0.1, 0.15) is 27.2 Å². The Hall–Kier alpha value is -0.330. The Bertz CT molecular complexity index is 384. The van der Waals surface area contributed by atoms with E-state index in [-0.39, 0.29) is 30.1 Å². The minimum absolute atomic E-state index is 0. The van der Waals surface area contributed by atoms with E-state index >= 15 is 0 Å². The second-order valence-electron chi connectivity index (χ2n) is 5.09. The summed E-state index contributed by atoms with van der Waals surface area (Å²) in [6.45, 7) is 6.27. The van der Waals surface area contributed by atoms with Gasteiger partial charge in [-0.25, -0.2) is 8.42 Å². The summed E-state index contributed by atoms with van der Waals surface area (Å²) in [5, 5.41) is -0.505. The minimum atomic E-state index is -3.30. The molecule has 1 amide bonds. The van der Waals surface area contributed by atoms with Crippen molar-refractivity contribution >= 4 is 28.2 Å². The largest absolute Gasteiger partial charge is 0.339 e. The molecule has 7 heteroatoms. The van der Waals surface area contributed by atoms with Crippen LogP contribution in [0.5, 0.6) is 0 Å². The lowest BCUT2D eigenvalue weighted by Crippen LogP contribution is -2.39. The number of carbonyl (C=O) groups is 1. The van der Waals surface area contributed by atoms with Crippen LogP contribution in [0.25, 0.3) is 0 Å². The first-order valence-electron chi connectivity index (χ1n) is 5.99. The molecule has 5 nitrogen and oxygen atoms in total. The lowest BCUT2D eigenvalue weighted by molar-refractivity contribution is -0.129. The molecule has 1 saturated heterocycles. The highest BCUT2D eigenvalue weighted by molar-refractivity contribution is 7.92. The van der Waals surface area contributed by atoms with Gasteiger partial charge < -0.3 is 10.6 Å². The summed E-state index contributed by atoms with van der Waals surface area (Å²) in [5.74, 6) is -0.371. The van der Waals surface area contributed by atoms with Gasteiger partial charge in [-0.3, -0.25) is 4.79 Å². The number of nitrogens with zero attached hydrogens (tertiary/aromatic N) is 1. The summed E-state index contributed by atoms with van der Waals surface area (Å²) < 4.78 is 23.4. The standard InChI is InChI=1S/C11H22N2O3S.ClH/c1-8(2)17(15,16)7-11(14)13-6-10(5-12)4-9(13)3;/h8-10H,4-7,12H2,1-3H3;1H. The number of halogens is 1. The Morgan fingerprint density at radius 1 is 1.44 bits per heavy atom. The highest BCUT2D eigenvalue weighted by Gasteiger charge is 2.33. The first-order chi connectivity index (χ1) is 7.77. The average molecular weight is 299 g/mol. The van der Waals surface area contributed by atoms with E-state index in [0.29, 0.717) is 19.0 Å². The van der Waals surface area contributed by atoms with Crippen molar-refractivity contribution in [3.05, 3.63) is 0 Å². The number of amides is 1. The van der Waals surface area contributed by atoms with E-state index in [1.165, 1.54) is 0 Å². The SMILES string of the molecule is CC1CC(CN)CN1C(=O)CS(=O)(=O)C(C)C.Cl. The van der Waals surface area contributed by atoms with Crippen LogP contribution in [0.4, 0.5) is 0 Å². The molecule has 1 heterocycles. The van der Waals surface area contributed by atoms with Crippen LogP contribution in [-0.2, 0) is 14.6 Å². The van der Waals surface area contributed by atoms with Gasteiger partial charge in [0.05, 0.1) is 5.25 Å². The second kappa shape index (κ2) is 6.73. The number of hydrogen-bond acceptors (Lipinski definition) is 4. The molecule has 2 atom stereocenters. The summed E-state index contributed by atoms with van der Waals surface area (Å²) in [5.41, 5.74) is 5.58. The number of nitrogens with two attached hydrogens (primary N) is 1. The quantitative estimate of drug-likeness (QED) is 0.816. The molecule has 0 aromatic carbocycles. The summed E-state index contributed by atoms with van der Waals surface area (Å²) >= 11 is 0. The third kappa shape index (κ3) is 4.10. The van der Waals surface area contributed by atoms with Gasteiger partial charge in [0, 0.05) is 12.6 Å². The van der Waals surface area contributed by atoms with Gasteiger partial charge in [-0.1, -0.05) is 0 Å². The molecular formula is C11H23ClN2O3S. The van der Waals surface area contributed by atoms with E-state index in [4.69, 9.17) is 5.73 Å². The first kappa shape index (κ1) is 17.7. The molecule has 0 radical (unpaired) electrons. The number of rotatable bonds is 4. The summed E-state index contributed by atoms with van der Waals surface area (Å²) in [4.78, 5) is 13.6. The summed E-state index contributed by atoms with van der Waals surface area (Å²) in [7, 11) is -3.30. The third-order valence-electron chi connectivity index (χ3n) is 3.36. The van der Waals surface area contributed by atoms with Crippen molar-refractivity contribution in [2.24, 2.45) is 11.7 Å². The van der Waals surface area contributed by atoms with Crippen LogP contribution in [0.2, 0.25) is 0 Å². The van der Waals surface area contributed by atoms with Gasteiger partial charge in [-0.05, 0) is 39.7 Å². The maximum absolute atomic E-state index is 11.9. The molecule has 0 saturated carbocycles. The molecule has 0 spiro atoms. The molecule has 1 aliphatic rings. The van der Waals surface area contributed by atoms with E-state index in [9.17, 15) is 13.2 Å². The Morgan fingerprint density at radius 2 is 2.00 bits per heavy atom. The normalized spacial score (nSPS) is 24.2. The zero-order valence-corrected chi connectivity index (χ0v) is 12.8. The smallest absolute Gasteiger partial charge is 0.238 e. The van der Waals surface area contributed by atoms with E-state index < -0.39 is 15.1 Å². The predicted octanol–water partition coefficient (Wildman–Crippen LogP) is 0.427. The first-order valence-corrected chi connectivity index (χ1v) is 7.70. The van der Waals surface area contributed by atoms with E-state index in [0.717, 1.165) is 6.42 Å². The Morgan fingerprint density at radius 3 is 2.39 bits per heavy atom. The van der Waals surface area contributed by atoms with Crippen molar-refractivity contribution in [1.29, 1.82) is 0 Å². The van der Waals surface area contributed by atoms with Gasteiger partial charge in [0.1, 0.15) is 5.75 Å². The average Bonchev–Trinajstić information content (AvgIpc) is 2.58. The van der Waals surface area contributed by atoms with Crippen LogP contribution in [0, 0.1) is 5.92 Å². The number of carbonyl (C=O) groups excluding carboxylic acids is 1. The lowest BCUT2D eigenvalue weighted by Gasteiger charge is -2.22. The Labute approximate surface area is 115 Å². The topological polar surface area (TPSA) is 80.5 Å². The maximum atomic E-state index is 11.9. The molecular weight excluding hydrogens is 276 g/mol. The molecule has 0 aromatic heterocycles. The van der Waals surface area contributed by atoms with Gasteiger partial charge in [0.25, 0.3) is 0 Å². The molecule has 1 fully saturated rings. The van der Waals surface area contributed by atoms with Crippen LogP contribution in [0.15, 0.2) is 0 Å². The molecule has 2 unspecified atom stereocenters. The highest BCUT2D eigenvalue weighted by Crippen LogP contribution is 2.22. The Balaban J connectivity index is 0.00000289.